The van der Waals surface area contributed by atoms with Gasteiger partial charge in [-0.25, -0.2) is 12.8 Å². The minimum atomic E-state index is -3.55. The number of benzene rings is 1. The van der Waals surface area contributed by atoms with Gasteiger partial charge >= 0.3 is 0 Å². The molecule has 2 rings (SSSR count). The molecule has 0 amide bonds. The molecule has 1 aliphatic rings. The van der Waals surface area contributed by atoms with Crippen LogP contribution in [0.4, 0.5) is 4.39 Å². The first-order valence-electron chi connectivity index (χ1n) is 7.63. The summed E-state index contributed by atoms with van der Waals surface area (Å²) in [5.74, 6) is -0.440. The number of hydrogen-bond donors (Lipinski definition) is 1. The molecule has 1 N–H and O–H groups in total. The van der Waals surface area contributed by atoms with Crippen molar-refractivity contribution in [2.45, 2.75) is 24.2 Å². The third-order valence-corrected chi connectivity index (χ3v) is 5.79. The summed E-state index contributed by atoms with van der Waals surface area (Å²) in [6.07, 6.45) is 2.47. The second-order valence-electron chi connectivity index (χ2n) is 5.48. The Morgan fingerprint density at radius 2 is 1.77 bits per heavy atom. The van der Waals surface area contributed by atoms with Crippen LogP contribution >= 0.6 is 0 Å². The van der Waals surface area contributed by atoms with E-state index in [2.05, 4.69) is 4.90 Å². The van der Waals surface area contributed by atoms with Crippen molar-refractivity contribution in [2.75, 3.05) is 39.3 Å². The maximum absolute atomic E-state index is 12.9. The highest BCUT2D eigenvalue weighted by Crippen LogP contribution is 2.18. The van der Waals surface area contributed by atoms with Crippen LogP contribution in [0.15, 0.2) is 29.2 Å². The summed E-state index contributed by atoms with van der Waals surface area (Å²) >= 11 is 0. The van der Waals surface area contributed by atoms with Crippen molar-refractivity contribution in [2.24, 2.45) is 0 Å². The quantitative estimate of drug-likeness (QED) is 0.799. The summed E-state index contributed by atoms with van der Waals surface area (Å²) in [6, 6.07) is 4.97. The molecule has 5 nitrogen and oxygen atoms in total. The Hall–Kier alpha value is -1.02. The van der Waals surface area contributed by atoms with Gasteiger partial charge in [0, 0.05) is 26.2 Å². The number of rotatable bonds is 6. The maximum atomic E-state index is 12.9. The van der Waals surface area contributed by atoms with Gasteiger partial charge in [-0.1, -0.05) is 0 Å². The molecule has 124 valence electrons. The van der Waals surface area contributed by atoms with Gasteiger partial charge in [-0.15, -0.1) is 0 Å². The molecule has 22 heavy (non-hydrogen) atoms. The molecule has 0 unspecified atom stereocenters. The van der Waals surface area contributed by atoms with Gasteiger partial charge in [0.25, 0.3) is 0 Å². The highest BCUT2D eigenvalue weighted by Gasteiger charge is 2.26. The molecule has 0 aliphatic carbocycles. The summed E-state index contributed by atoms with van der Waals surface area (Å²) in [5.41, 5.74) is 0. The van der Waals surface area contributed by atoms with Crippen LogP contribution in [0.2, 0.25) is 0 Å². The number of sulfonamides is 1. The van der Waals surface area contributed by atoms with Crippen molar-refractivity contribution < 1.29 is 17.9 Å². The van der Waals surface area contributed by atoms with Gasteiger partial charge < -0.3 is 10.0 Å². The van der Waals surface area contributed by atoms with Crippen LogP contribution < -0.4 is 0 Å². The first kappa shape index (κ1) is 17.3. The molecule has 1 heterocycles. The Bertz CT molecular complexity index is 563. The zero-order chi connectivity index (χ0) is 16.0. The lowest BCUT2D eigenvalue weighted by molar-refractivity contribution is 0.248. The molecular weight excluding hydrogens is 307 g/mol. The molecule has 7 heteroatoms. The summed E-state index contributed by atoms with van der Waals surface area (Å²) in [7, 11) is -3.55. The molecule has 0 aromatic heterocycles. The lowest BCUT2D eigenvalue weighted by atomic mass is 10.3. The van der Waals surface area contributed by atoms with Gasteiger partial charge in [0.1, 0.15) is 5.82 Å². The van der Waals surface area contributed by atoms with Gasteiger partial charge in [0.2, 0.25) is 10.0 Å². The van der Waals surface area contributed by atoms with E-state index in [0.717, 1.165) is 32.4 Å². The van der Waals surface area contributed by atoms with E-state index in [1.54, 1.807) is 0 Å². The second-order valence-corrected chi connectivity index (χ2v) is 7.42. The Morgan fingerprint density at radius 3 is 2.45 bits per heavy atom. The number of nitrogens with zero attached hydrogens (tertiary/aromatic N) is 2. The molecule has 0 atom stereocenters. The van der Waals surface area contributed by atoms with Crippen molar-refractivity contribution in [3.63, 3.8) is 0 Å². The van der Waals surface area contributed by atoms with E-state index in [-0.39, 0.29) is 11.5 Å². The van der Waals surface area contributed by atoms with Crippen molar-refractivity contribution in [3.05, 3.63) is 30.1 Å². The molecule has 1 aliphatic heterocycles. The van der Waals surface area contributed by atoms with E-state index in [9.17, 15) is 12.8 Å². The van der Waals surface area contributed by atoms with Crippen LogP contribution in [-0.4, -0.2) is 62.1 Å². The van der Waals surface area contributed by atoms with Crippen molar-refractivity contribution in [3.8, 4) is 0 Å². The molecular formula is C15H23FN2O3S. The molecule has 1 aromatic rings. The third-order valence-electron chi connectivity index (χ3n) is 3.88. The third kappa shape index (κ3) is 4.49. The van der Waals surface area contributed by atoms with Crippen LogP contribution in [0.5, 0.6) is 0 Å². The van der Waals surface area contributed by atoms with Gasteiger partial charge in [-0.2, -0.15) is 4.31 Å². The van der Waals surface area contributed by atoms with Crippen LogP contribution in [0.1, 0.15) is 19.3 Å². The Labute approximate surface area is 131 Å². The SMILES string of the molecule is O=S(=O)(c1ccc(F)cc1)N1CCCN(CCCCO)CC1. The predicted molar refractivity (Wildman–Crippen MR) is 82.5 cm³/mol. The largest absolute Gasteiger partial charge is 0.396 e. The summed E-state index contributed by atoms with van der Waals surface area (Å²) in [6.45, 7) is 3.55. The monoisotopic (exact) mass is 330 g/mol. The van der Waals surface area contributed by atoms with Crippen LogP contribution in [-0.2, 0) is 10.0 Å². The average Bonchev–Trinajstić information content (AvgIpc) is 2.74. The number of hydrogen-bond acceptors (Lipinski definition) is 4. The normalized spacial score (nSPS) is 18.3. The fraction of sp³-hybridized carbons (Fsp3) is 0.600. The van der Waals surface area contributed by atoms with E-state index >= 15 is 0 Å². The van der Waals surface area contributed by atoms with Gasteiger partial charge in [0.15, 0.2) is 0 Å². The minimum Gasteiger partial charge on any atom is -0.396 e. The van der Waals surface area contributed by atoms with E-state index < -0.39 is 15.8 Å². The summed E-state index contributed by atoms with van der Waals surface area (Å²) in [4.78, 5) is 2.37. The Balaban J connectivity index is 1.99. The van der Waals surface area contributed by atoms with E-state index in [4.69, 9.17) is 5.11 Å². The molecule has 0 radical (unpaired) electrons. The van der Waals surface area contributed by atoms with Crippen LogP contribution in [0, 0.1) is 5.82 Å². The minimum absolute atomic E-state index is 0.141. The Morgan fingerprint density at radius 1 is 1.05 bits per heavy atom. The number of halogens is 1. The van der Waals surface area contributed by atoms with Gasteiger partial charge in [-0.3, -0.25) is 0 Å². The zero-order valence-electron chi connectivity index (χ0n) is 12.6. The molecule has 1 aromatic carbocycles. The van der Waals surface area contributed by atoms with Gasteiger partial charge in [0.05, 0.1) is 4.90 Å². The lowest BCUT2D eigenvalue weighted by Gasteiger charge is -2.21. The Kier molecular flexibility index (Phi) is 6.31. The van der Waals surface area contributed by atoms with Crippen molar-refractivity contribution >= 4 is 10.0 Å². The van der Waals surface area contributed by atoms with Crippen LogP contribution in [0.25, 0.3) is 0 Å². The molecule has 1 fully saturated rings. The maximum Gasteiger partial charge on any atom is 0.243 e. The lowest BCUT2D eigenvalue weighted by Crippen LogP contribution is -2.35. The molecule has 0 saturated carbocycles. The molecule has 0 bridgehead atoms. The predicted octanol–water partition coefficient (Wildman–Crippen LogP) is 1.29. The number of unbranched alkanes of at least 4 members (excludes halogenated alkanes) is 1. The molecule has 1 saturated heterocycles. The highest BCUT2D eigenvalue weighted by molar-refractivity contribution is 7.89. The van der Waals surface area contributed by atoms with Crippen LogP contribution in [0.3, 0.4) is 0 Å². The fourth-order valence-electron chi connectivity index (χ4n) is 2.61. The standard InChI is InChI=1S/C15H23FN2O3S/c16-14-4-6-15(7-5-14)22(20,21)18-10-3-9-17(11-12-18)8-1-2-13-19/h4-7,19H,1-3,8-13H2. The van der Waals surface area contributed by atoms with Gasteiger partial charge in [-0.05, 0) is 56.6 Å². The summed E-state index contributed by atoms with van der Waals surface area (Å²) < 4.78 is 39.6. The topological polar surface area (TPSA) is 60.9 Å². The smallest absolute Gasteiger partial charge is 0.243 e. The zero-order valence-corrected chi connectivity index (χ0v) is 13.4. The van der Waals surface area contributed by atoms with Crippen molar-refractivity contribution in [1.29, 1.82) is 0 Å². The second kappa shape index (κ2) is 8.01. The van der Waals surface area contributed by atoms with E-state index in [1.807, 2.05) is 0 Å². The first-order valence-corrected chi connectivity index (χ1v) is 9.07. The highest BCUT2D eigenvalue weighted by atomic mass is 32.2. The molecule has 0 spiro atoms. The first-order chi connectivity index (χ1) is 10.5. The fourth-order valence-corrected chi connectivity index (χ4v) is 4.08. The van der Waals surface area contributed by atoms with E-state index in [1.165, 1.54) is 28.6 Å². The summed E-state index contributed by atoms with van der Waals surface area (Å²) in [5, 5.41) is 8.81. The number of aliphatic hydroxyl groups is 1. The average molecular weight is 330 g/mol. The van der Waals surface area contributed by atoms with Crippen molar-refractivity contribution in [1.82, 2.24) is 9.21 Å². The number of aliphatic hydroxyl groups excluding tert-OH is 1. The van der Waals surface area contributed by atoms with E-state index in [0.29, 0.717) is 19.6 Å².